The van der Waals surface area contributed by atoms with Gasteiger partial charge in [-0.25, -0.2) is 5.84 Å². The molecule has 3 N–H and O–H groups in total. The van der Waals surface area contributed by atoms with Gasteiger partial charge in [-0.05, 0) is 12.5 Å². The normalized spacial score (nSPS) is 9.69. The molecule has 0 unspecified atom stereocenters. The molecule has 7 nitrogen and oxygen atoms in total. The summed E-state index contributed by atoms with van der Waals surface area (Å²) >= 11 is 0. The lowest BCUT2D eigenvalue weighted by atomic mass is 10.1. The van der Waals surface area contributed by atoms with Crippen molar-refractivity contribution in [1.29, 1.82) is 0 Å². The number of hydrogen-bond acceptors (Lipinski definition) is 5. The van der Waals surface area contributed by atoms with E-state index in [9.17, 15) is 14.9 Å². The number of hydrazine groups is 1. The molecule has 0 aliphatic rings. The van der Waals surface area contributed by atoms with Gasteiger partial charge in [0, 0.05) is 12.1 Å². The van der Waals surface area contributed by atoms with E-state index in [2.05, 4.69) is 0 Å². The second-order valence-corrected chi connectivity index (χ2v) is 3.07. The SMILES string of the molecule is COc1cc(C(=O)NN)c([N+](=O)[O-])cc1C. The molecule has 86 valence electrons. The summed E-state index contributed by atoms with van der Waals surface area (Å²) in [6.45, 7) is 1.65. The van der Waals surface area contributed by atoms with Crippen molar-refractivity contribution in [2.45, 2.75) is 6.92 Å². The Hall–Kier alpha value is -2.15. The Morgan fingerprint density at radius 2 is 2.19 bits per heavy atom. The molecule has 0 fully saturated rings. The lowest BCUT2D eigenvalue weighted by Crippen LogP contribution is -2.30. The van der Waals surface area contributed by atoms with Gasteiger partial charge < -0.3 is 4.74 Å². The van der Waals surface area contributed by atoms with Crippen LogP contribution in [0.4, 0.5) is 5.69 Å². The van der Waals surface area contributed by atoms with Gasteiger partial charge in [0.15, 0.2) is 0 Å². The van der Waals surface area contributed by atoms with Crippen LogP contribution in [0.5, 0.6) is 5.75 Å². The Balaban J connectivity index is 3.42. The van der Waals surface area contributed by atoms with Crippen molar-refractivity contribution in [2.75, 3.05) is 7.11 Å². The Kier molecular flexibility index (Phi) is 3.41. The summed E-state index contributed by atoms with van der Waals surface area (Å²) in [5.41, 5.74) is 1.99. The molecule has 1 aromatic rings. The predicted molar refractivity (Wildman–Crippen MR) is 56.0 cm³/mol. The van der Waals surface area contributed by atoms with Crippen LogP contribution >= 0.6 is 0 Å². The molecule has 0 heterocycles. The maximum atomic E-state index is 11.3. The molecule has 0 atom stereocenters. The Labute approximate surface area is 91.3 Å². The molecular formula is C9H11N3O4. The zero-order chi connectivity index (χ0) is 12.3. The van der Waals surface area contributed by atoms with E-state index in [4.69, 9.17) is 10.6 Å². The van der Waals surface area contributed by atoms with E-state index < -0.39 is 10.8 Å². The summed E-state index contributed by atoms with van der Waals surface area (Å²) in [4.78, 5) is 21.4. The lowest BCUT2D eigenvalue weighted by molar-refractivity contribution is -0.385. The third-order valence-electron chi connectivity index (χ3n) is 2.09. The van der Waals surface area contributed by atoms with Crippen molar-refractivity contribution in [3.63, 3.8) is 0 Å². The molecule has 1 amide bonds. The highest BCUT2D eigenvalue weighted by Gasteiger charge is 2.21. The number of nitro groups is 1. The van der Waals surface area contributed by atoms with Gasteiger partial charge in [-0.1, -0.05) is 0 Å². The number of hydrogen-bond donors (Lipinski definition) is 2. The van der Waals surface area contributed by atoms with Crippen molar-refractivity contribution in [3.8, 4) is 5.75 Å². The number of rotatable bonds is 3. The van der Waals surface area contributed by atoms with Gasteiger partial charge in [-0.15, -0.1) is 0 Å². The van der Waals surface area contributed by atoms with Crippen molar-refractivity contribution in [3.05, 3.63) is 33.4 Å². The van der Waals surface area contributed by atoms with E-state index in [1.54, 1.807) is 6.92 Å². The number of amides is 1. The number of nitrogen functional groups attached to an aromatic ring is 1. The second kappa shape index (κ2) is 4.58. The van der Waals surface area contributed by atoms with Crippen LogP contribution < -0.4 is 16.0 Å². The Morgan fingerprint density at radius 1 is 1.56 bits per heavy atom. The van der Waals surface area contributed by atoms with Gasteiger partial charge in [0.2, 0.25) is 0 Å². The average molecular weight is 225 g/mol. The third-order valence-corrected chi connectivity index (χ3v) is 2.09. The molecule has 0 radical (unpaired) electrons. The average Bonchev–Trinajstić information content (AvgIpc) is 2.27. The van der Waals surface area contributed by atoms with Crippen LogP contribution in [0.25, 0.3) is 0 Å². The summed E-state index contributed by atoms with van der Waals surface area (Å²) < 4.78 is 4.97. The first-order valence-corrected chi connectivity index (χ1v) is 4.35. The standard InChI is InChI=1S/C9H11N3O4/c1-5-3-7(12(14)15)6(9(13)11-10)4-8(5)16-2/h3-4H,10H2,1-2H3,(H,11,13). The summed E-state index contributed by atoms with van der Waals surface area (Å²) in [6, 6.07) is 2.55. The Morgan fingerprint density at radius 3 is 2.62 bits per heavy atom. The fourth-order valence-electron chi connectivity index (χ4n) is 1.30. The molecule has 7 heteroatoms. The number of nitrogens with zero attached hydrogens (tertiary/aromatic N) is 1. The van der Waals surface area contributed by atoms with E-state index in [-0.39, 0.29) is 11.3 Å². The number of carbonyl (C=O) groups is 1. The summed E-state index contributed by atoms with van der Waals surface area (Å²) in [7, 11) is 1.41. The minimum atomic E-state index is -0.731. The number of ether oxygens (including phenoxy) is 1. The zero-order valence-electron chi connectivity index (χ0n) is 8.81. The molecule has 0 saturated carbocycles. The molecule has 1 rings (SSSR count). The highest BCUT2D eigenvalue weighted by molar-refractivity contribution is 5.98. The van der Waals surface area contributed by atoms with Gasteiger partial charge in [0.25, 0.3) is 11.6 Å². The summed E-state index contributed by atoms with van der Waals surface area (Å²) in [5, 5.41) is 10.7. The fraction of sp³-hybridized carbons (Fsp3) is 0.222. The summed E-state index contributed by atoms with van der Waals surface area (Å²) in [5.74, 6) is 4.60. The van der Waals surface area contributed by atoms with Crippen molar-refractivity contribution >= 4 is 11.6 Å². The number of methoxy groups -OCH3 is 1. The number of aryl methyl sites for hydroxylation is 1. The van der Waals surface area contributed by atoms with Crippen LogP contribution in [0.3, 0.4) is 0 Å². The van der Waals surface area contributed by atoms with Gasteiger partial charge in [0.05, 0.1) is 12.0 Å². The van der Waals surface area contributed by atoms with E-state index in [0.29, 0.717) is 11.3 Å². The Bertz CT molecular complexity index is 445. The third kappa shape index (κ3) is 2.09. The van der Waals surface area contributed by atoms with Crippen molar-refractivity contribution in [1.82, 2.24) is 5.43 Å². The summed E-state index contributed by atoms with van der Waals surface area (Å²) in [6.07, 6.45) is 0. The van der Waals surface area contributed by atoms with Crippen molar-refractivity contribution in [2.24, 2.45) is 5.84 Å². The number of nitrogens with two attached hydrogens (primary N) is 1. The second-order valence-electron chi connectivity index (χ2n) is 3.07. The molecule has 0 bridgehead atoms. The number of nitrogens with one attached hydrogen (secondary N) is 1. The highest BCUT2D eigenvalue weighted by atomic mass is 16.6. The number of nitro benzene ring substituents is 1. The quantitative estimate of drug-likeness (QED) is 0.337. The zero-order valence-corrected chi connectivity index (χ0v) is 8.81. The molecule has 0 aliphatic carbocycles. The molecule has 0 aromatic heterocycles. The van der Waals surface area contributed by atoms with E-state index in [1.165, 1.54) is 19.2 Å². The van der Waals surface area contributed by atoms with Crippen molar-refractivity contribution < 1.29 is 14.5 Å². The van der Waals surface area contributed by atoms with Gasteiger partial charge >= 0.3 is 0 Å². The van der Waals surface area contributed by atoms with Crippen LogP contribution in [0, 0.1) is 17.0 Å². The van der Waals surface area contributed by atoms with E-state index >= 15 is 0 Å². The minimum absolute atomic E-state index is 0.130. The first-order chi connectivity index (χ1) is 7.51. The molecular weight excluding hydrogens is 214 g/mol. The number of carbonyl (C=O) groups excluding carboxylic acids is 1. The molecule has 0 spiro atoms. The molecule has 0 saturated heterocycles. The smallest absolute Gasteiger partial charge is 0.282 e. The van der Waals surface area contributed by atoms with Gasteiger partial charge in [0.1, 0.15) is 11.3 Å². The lowest BCUT2D eigenvalue weighted by Gasteiger charge is -2.07. The topological polar surface area (TPSA) is 107 Å². The molecule has 0 aliphatic heterocycles. The van der Waals surface area contributed by atoms with Crippen LogP contribution in [-0.4, -0.2) is 17.9 Å². The maximum absolute atomic E-state index is 11.3. The molecule has 1 aromatic carbocycles. The van der Waals surface area contributed by atoms with Crippen LogP contribution in [0.15, 0.2) is 12.1 Å². The maximum Gasteiger partial charge on any atom is 0.282 e. The molecule has 16 heavy (non-hydrogen) atoms. The van der Waals surface area contributed by atoms with E-state index in [1.807, 2.05) is 5.43 Å². The van der Waals surface area contributed by atoms with E-state index in [0.717, 1.165) is 0 Å². The minimum Gasteiger partial charge on any atom is -0.496 e. The van der Waals surface area contributed by atoms with Crippen LogP contribution in [0.2, 0.25) is 0 Å². The predicted octanol–water partition coefficient (Wildman–Crippen LogP) is 0.515. The number of benzene rings is 1. The van der Waals surface area contributed by atoms with Crippen LogP contribution in [-0.2, 0) is 0 Å². The van der Waals surface area contributed by atoms with Gasteiger partial charge in [-0.2, -0.15) is 0 Å². The first kappa shape index (κ1) is 11.9. The highest BCUT2D eigenvalue weighted by Crippen LogP contribution is 2.27. The monoisotopic (exact) mass is 225 g/mol. The van der Waals surface area contributed by atoms with Gasteiger partial charge in [-0.3, -0.25) is 20.3 Å². The largest absolute Gasteiger partial charge is 0.496 e. The first-order valence-electron chi connectivity index (χ1n) is 4.35. The van der Waals surface area contributed by atoms with Crippen LogP contribution in [0.1, 0.15) is 15.9 Å². The fourth-order valence-corrected chi connectivity index (χ4v) is 1.30.